The van der Waals surface area contributed by atoms with E-state index in [0.29, 0.717) is 0 Å². The van der Waals surface area contributed by atoms with Gasteiger partial charge in [0, 0.05) is 33.1 Å². The topological polar surface area (TPSA) is 24.9 Å². The number of pyridine rings is 1. The second kappa shape index (κ2) is 5.79. The van der Waals surface area contributed by atoms with Gasteiger partial charge in [0.2, 0.25) is 0 Å². The van der Waals surface area contributed by atoms with E-state index in [4.69, 9.17) is 0 Å². The first kappa shape index (κ1) is 13.4. The van der Waals surface area contributed by atoms with E-state index in [9.17, 15) is 0 Å². The lowest BCUT2D eigenvalue weighted by Crippen LogP contribution is -2.06. The molecule has 0 amide bonds. The zero-order chi connectivity index (χ0) is 13.9. The Morgan fingerprint density at radius 2 is 1.85 bits per heavy atom. The van der Waals surface area contributed by atoms with Crippen LogP contribution < -0.4 is 5.32 Å². The highest BCUT2D eigenvalue weighted by Gasteiger charge is 2.07. The molecule has 3 aromatic rings. The van der Waals surface area contributed by atoms with E-state index >= 15 is 0 Å². The van der Waals surface area contributed by atoms with Crippen molar-refractivity contribution >= 4 is 39.1 Å². The maximum Gasteiger partial charge on any atom is 0.0485 e. The fourth-order valence-electron chi connectivity index (χ4n) is 2.31. The van der Waals surface area contributed by atoms with Crippen LogP contribution in [0.4, 0.5) is 5.69 Å². The molecular formula is C17H15IN2. The lowest BCUT2D eigenvalue weighted by molar-refractivity contribution is 0.886. The van der Waals surface area contributed by atoms with Crippen molar-refractivity contribution in [3.63, 3.8) is 0 Å². The molecule has 0 saturated heterocycles. The summed E-state index contributed by atoms with van der Waals surface area (Å²) < 4.78 is 1.26. The number of benzene rings is 2. The molecule has 0 fully saturated rings. The lowest BCUT2D eigenvalue weighted by Gasteiger charge is -2.17. The van der Waals surface area contributed by atoms with Crippen molar-refractivity contribution < 1.29 is 0 Å². The average molecular weight is 374 g/mol. The molecule has 1 unspecified atom stereocenters. The Morgan fingerprint density at radius 3 is 2.65 bits per heavy atom. The van der Waals surface area contributed by atoms with Gasteiger partial charge in [-0.15, -0.1) is 0 Å². The van der Waals surface area contributed by atoms with Crippen LogP contribution in [0, 0.1) is 3.57 Å². The summed E-state index contributed by atoms with van der Waals surface area (Å²) in [7, 11) is 0. The van der Waals surface area contributed by atoms with Crippen molar-refractivity contribution in [2.75, 3.05) is 5.32 Å². The smallest absolute Gasteiger partial charge is 0.0485 e. The van der Waals surface area contributed by atoms with E-state index in [0.717, 1.165) is 11.1 Å². The van der Waals surface area contributed by atoms with Gasteiger partial charge in [-0.2, -0.15) is 0 Å². The van der Waals surface area contributed by atoms with E-state index in [2.05, 4.69) is 82.3 Å². The summed E-state index contributed by atoms with van der Waals surface area (Å²) in [5.74, 6) is 0. The Labute approximate surface area is 132 Å². The predicted molar refractivity (Wildman–Crippen MR) is 92.9 cm³/mol. The molecule has 0 aliphatic carbocycles. The van der Waals surface area contributed by atoms with Gasteiger partial charge in [0.15, 0.2) is 0 Å². The van der Waals surface area contributed by atoms with Gasteiger partial charge in [-0.3, -0.25) is 4.98 Å². The van der Waals surface area contributed by atoms with E-state index in [-0.39, 0.29) is 6.04 Å². The minimum Gasteiger partial charge on any atom is -0.378 e. The summed E-state index contributed by atoms with van der Waals surface area (Å²) in [6, 6.07) is 17.2. The van der Waals surface area contributed by atoms with E-state index in [1.54, 1.807) is 0 Å². The molecule has 1 aromatic heterocycles. The Morgan fingerprint density at radius 1 is 1.05 bits per heavy atom. The fraction of sp³-hybridized carbons (Fsp3) is 0.118. The van der Waals surface area contributed by atoms with Gasteiger partial charge in [-0.25, -0.2) is 0 Å². The van der Waals surface area contributed by atoms with E-state index in [1.807, 2.05) is 18.5 Å². The Balaban J connectivity index is 1.91. The molecule has 0 radical (unpaired) electrons. The Hall–Kier alpha value is -1.62. The minimum atomic E-state index is 0.262. The number of hydrogen-bond donors (Lipinski definition) is 1. The van der Waals surface area contributed by atoms with Crippen molar-refractivity contribution in [1.29, 1.82) is 0 Å². The first-order valence-corrected chi connectivity index (χ1v) is 7.66. The maximum atomic E-state index is 4.22. The molecule has 100 valence electrons. The largest absolute Gasteiger partial charge is 0.378 e. The lowest BCUT2D eigenvalue weighted by atomic mass is 10.1. The third-order valence-electron chi connectivity index (χ3n) is 3.43. The number of nitrogens with one attached hydrogen (secondary N) is 1. The van der Waals surface area contributed by atoms with Crippen LogP contribution in [0.3, 0.4) is 0 Å². The molecule has 0 bridgehead atoms. The number of halogens is 1. The van der Waals surface area contributed by atoms with Crippen LogP contribution in [-0.2, 0) is 0 Å². The van der Waals surface area contributed by atoms with Crippen LogP contribution in [0.25, 0.3) is 10.8 Å². The first-order chi connectivity index (χ1) is 9.74. The van der Waals surface area contributed by atoms with Gasteiger partial charge in [-0.1, -0.05) is 24.3 Å². The van der Waals surface area contributed by atoms with Gasteiger partial charge in [0.05, 0.1) is 0 Å². The van der Waals surface area contributed by atoms with Crippen molar-refractivity contribution in [3.8, 4) is 0 Å². The van der Waals surface area contributed by atoms with Gasteiger partial charge in [0.1, 0.15) is 0 Å². The summed E-state index contributed by atoms with van der Waals surface area (Å²) in [5.41, 5.74) is 2.41. The fourth-order valence-corrected chi connectivity index (χ4v) is 2.67. The molecule has 2 aromatic carbocycles. The van der Waals surface area contributed by atoms with Crippen LogP contribution in [0.1, 0.15) is 18.5 Å². The summed E-state index contributed by atoms with van der Waals surface area (Å²) in [6.45, 7) is 2.18. The highest BCUT2D eigenvalue weighted by molar-refractivity contribution is 14.1. The third-order valence-corrected chi connectivity index (χ3v) is 4.14. The molecule has 0 spiro atoms. The second-order valence-electron chi connectivity index (χ2n) is 4.82. The summed E-state index contributed by atoms with van der Waals surface area (Å²) in [5, 5.41) is 5.95. The normalized spacial score (nSPS) is 12.3. The number of hydrogen-bond acceptors (Lipinski definition) is 2. The molecule has 0 saturated carbocycles. The van der Waals surface area contributed by atoms with Crippen LogP contribution in [-0.4, -0.2) is 4.98 Å². The average Bonchev–Trinajstić information content (AvgIpc) is 2.48. The van der Waals surface area contributed by atoms with Crippen LogP contribution in [0.15, 0.2) is 60.9 Å². The zero-order valence-electron chi connectivity index (χ0n) is 11.2. The molecule has 1 atom stereocenters. The van der Waals surface area contributed by atoms with Crippen molar-refractivity contribution in [1.82, 2.24) is 4.98 Å². The minimum absolute atomic E-state index is 0.262. The molecule has 1 N–H and O–H groups in total. The number of fused-ring (bicyclic) bond motifs is 1. The molecule has 0 aliphatic rings. The molecule has 0 aliphatic heterocycles. The zero-order valence-corrected chi connectivity index (χ0v) is 13.3. The highest BCUT2D eigenvalue weighted by atomic mass is 127. The standard InChI is InChI=1S/C17H15IN2/c1-12(13-5-7-15(18)8-6-13)20-17-4-2-3-14-9-10-19-11-16(14)17/h2-12,20H,1H3. The van der Waals surface area contributed by atoms with Gasteiger partial charge < -0.3 is 5.32 Å². The molecule has 1 heterocycles. The molecular weight excluding hydrogens is 359 g/mol. The molecule has 3 rings (SSSR count). The monoisotopic (exact) mass is 374 g/mol. The quantitative estimate of drug-likeness (QED) is 0.652. The number of anilines is 1. The second-order valence-corrected chi connectivity index (χ2v) is 6.07. The van der Waals surface area contributed by atoms with E-state index in [1.165, 1.54) is 14.5 Å². The van der Waals surface area contributed by atoms with Crippen LogP contribution in [0.2, 0.25) is 0 Å². The SMILES string of the molecule is CC(Nc1cccc2ccncc12)c1ccc(I)cc1. The van der Waals surface area contributed by atoms with Crippen LogP contribution in [0.5, 0.6) is 0 Å². The number of rotatable bonds is 3. The number of aromatic nitrogens is 1. The van der Waals surface area contributed by atoms with Gasteiger partial charge in [0.25, 0.3) is 0 Å². The first-order valence-electron chi connectivity index (χ1n) is 6.59. The van der Waals surface area contributed by atoms with Gasteiger partial charge in [-0.05, 0) is 64.7 Å². The molecule has 2 nitrogen and oxygen atoms in total. The van der Waals surface area contributed by atoms with Crippen molar-refractivity contribution in [2.45, 2.75) is 13.0 Å². The van der Waals surface area contributed by atoms with E-state index < -0.39 is 0 Å². The maximum absolute atomic E-state index is 4.22. The summed E-state index contributed by atoms with van der Waals surface area (Å²) in [4.78, 5) is 4.22. The summed E-state index contributed by atoms with van der Waals surface area (Å²) >= 11 is 2.33. The third kappa shape index (κ3) is 2.77. The molecule has 20 heavy (non-hydrogen) atoms. The van der Waals surface area contributed by atoms with Gasteiger partial charge >= 0.3 is 0 Å². The van der Waals surface area contributed by atoms with Crippen LogP contribution >= 0.6 is 22.6 Å². The highest BCUT2D eigenvalue weighted by Crippen LogP contribution is 2.26. The Bertz CT molecular complexity index is 717. The number of nitrogens with zero attached hydrogens (tertiary/aromatic N) is 1. The van der Waals surface area contributed by atoms with Crippen molar-refractivity contribution in [3.05, 3.63) is 70.1 Å². The van der Waals surface area contributed by atoms with Crippen molar-refractivity contribution in [2.24, 2.45) is 0 Å². The summed E-state index contributed by atoms with van der Waals surface area (Å²) in [6.07, 6.45) is 3.74. The predicted octanol–water partition coefficient (Wildman–Crippen LogP) is 5.01. The Kier molecular flexibility index (Phi) is 3.87. The molecule has 3 heteroatoms.